The van der Waals surface area contributed by atoms with Gasteiger partial charge in [-0.1, -0.05) is 23.7 Å². The Balaban J connectivity index is 3.36. The largest absolute Gasteiger partial charge is 0.298 e. The van der Waals surface area contributed by atoms with E-state index in [2.05, 4.69) is 0 Å². The molecule has 0 fully saturated rings. The fraction of sp³-hybridized carbons (Fsp3) is 0.222. The third kappa shape index (κ3) is 1.43. The first-order valence-corrected chi connectivity index (χ1v) is 3.75. The summed E-state index contributed by atoms with van der Waals surface area (Å²) >= 11 is 5.90. The topological polar surface area (TPSA) is 17.1 Å². The monoisotopic (exact) mass is 168 g/mol. The van der Waals surface area contributed by atoms with Crippen LogP contribution in [0.15, 0.2) is 12.1 Å². The SMILES string of the molecule is Cc1ccc(C=O)c(C)c1Cl. The Kier molecular flexibility index (Phi) is 2.30. The van der Waals surface area contributed by atoms with Crippen molar-refractivity contribution in [2.24, 2.45) is 0 Å². The molecule has 0 aromatic heterocycles. The summed E-state index contributed by atoms with van der Waals surface area (Å²) in [7, 11) is 0. The summed E-state index contributed by atoms with van der Waals surface area (Å²) in [6.45, 7) is 3.77. The molecule has 0 amide bonds. The molecule has 0 aliphatic rings. The van der Waals surface area contributed by atoms with Crippen LogP contribution in [0.4, 0.5) is 0 Å². The minimum Gasteiger partial charge on any atom is -0.298 e. The van der Waals surface area contributed by atoms with Crippen molar-refractivity contribution in [2.75, 3.05) is 0 Å². The van der Waals surface area contributed by atoms with E-state index in [9.17, 15) is 4.79 Å². The fourth-order valence-corrected chi connectivity index (χ4v) is 1.14. The van der Waals surface area contributed by atoms with Crippen molar-refractivity contribution in [1.29, 1.82) is 0 Å². The van der Waals surface area contributed by atoms with Gasteiger partial charge < -0.3 is 0 Å². The lowest BCUT2D eigenvalue weighted by atomic mass is 10.1. The molecule has 58 valence electrons. The van der Waals surface area contributed by atoms with Crippen LogP contribution in [0.25, 0.3) is 0 Å². The molecule has 1 aromatic carbocycles. The summed E-state index contributed by atoms with van der Waals surface area (Å²) < 4.78 is 0. The zero-order chi connectivity index (χ0) is 8.43. The number of aryl methyl sites for hydroxylation is 1. The first-order valence-electron chi connectivity index (χ1n) is 3.37. The van der Waals surface area contributed by atoms with E-state index in [1.165, 1.54) is 0 Å². The average Bonchev–Trinajstić information content (AvgIpc) is 2.01. The summed E-state index contributed by atoms with van der Waals surface area (Å²) in [5, 5.41) is 0.689. The fourth-order valence-electron chi connectivity index (χ4n) is 0.963. The van der Waals surface area contributed by atoms with Gasteiger partial charge in [0.05, 0.1) is 0 Å². The lowest BCUT2D eigenvalue weighted by Gasteiger charge is -2.03. The van der Waals surface area contributed by atoms with Crippen LogP contribution in [0.1, 0.15) is 21.5 Å². The highest BCUT2D eigenvalue weighted by Gasteiger charge is 2.02. The van der Waals surface area contributed by atoms with Gasteiger partial charge in [0.25, 0.3) is 0 Å². The van der Waals surface area contributed by atoms with Gasteiger partial charge in [0.2, 0.25) is 0 Å². The van der Waals surface area contributed by atoms with Gasteiger partial charge in [0, 0.05) is 10.6 Å². The lowest BCUT2D eigenvalue weighted by Crippen LogP contribution is -1.88. The third-order valence-corrected chi connectivity index (χ3v) is 2.33. The van der Waals surface area contributed by atoms with Gasteiger partial charge in [-0.15, -0.1) is 0 Å². The van der Waals surface area contributed by atoms with Gasteiger partial charge in [-0.25, -0.2) is 0 Å². The predicted octanol–water partition coefficient (Wildman–Crippen LogP) is 2.77. The molecule has 2 heteroatoms. The highest BCUT2D eigenvalue weighted by molar-refractivity contribution is 6.32. The molecule has 1 rings (SSSR count). The van der Waals surface area contributed by atoms with E-state index >= 15 is 0 Å². The molecule has 0 spiro atoms. The molecule has 0 bridgehead atoms. The minimum atomic E-state index is 0.667. The molecule has 1 nitrogen and oxygen atoms in total. The molecule has 0 aliphatic heterocycles. The second-order valence-corrected chi connectivity index (χ2v) is 2.91. The van der Waals surface area contributed by atoms with Crippen LogP contribution in [-0.4, -0.2) is 6.29 Å². The molecule has 0 aliphatic carbocycles. The van der Waals surface area contributed by atoms with Crippen molar-refractivity contribution >= 4 is 17.9 Å². The Morgan fingerprint density at radius 1 is 1.36 bits per heavy atom. The molecular weight excluding hydrogens is 160 g/mol. The zero-order valence-corrected chi connectivity index (χ0v) is 7.27. The molecule has 0 saturated carbocycles. The molecule has 0 heterocycles. The van der Waals surface area contributed by atoms with Crippen LogP contribution in [0, 0.1) is 13.8 Å². The van der Waals surface area contributed by atoms with Crippen molar-refractivity contribution < 1.29 is 4.79 Å². The van der Waals surface area contributed by atoms with Crippen LogP contribution in [0.5, 0.6) is 0 Å². The Morgan fingerprint density at radius 2 is 2.00 bits per heavy atom. The smallest absolute Gasteiger partial charge is 0.150 e. The van der Waals surface area contributed by atoms with E-state index in [1.54, 1.807) is 6.07 Å². The Morgan fingerprint density at radius 3 is 2.55 bits per heavy atom. The Hall–Kier alpha value is -0.820. The summed E-state index contributed by atoms with van der Waals surface area (Å²) in [5.41, 5.74) is 2.54. The summed E-state index contributed by atoms with van der Waals surface area (Å²) in [4.78, 5) is 10.4. The Labute approximate surface area is 71.0 Å². The number of aldehydes is 1. The molecule has 0 saturated heterocycles. The van der Waals surface area contributed by atoms with Crippen LogP contribution < -0.4 is 0 Å². The number of benzene rings is 1. The molecule has 0 N–H and O–H groups in total. The van der Waals surface area contributed by atoms with Crippen LogP contribution in [0.3, 0.4) is 0 Å². The van der Waals surface area contributed by atoms with Gasteiger partial charge in [0.15, 0.2) is 0 Å². The normalized spacial score (nSPS) is 9.73. The number of rotatable bonds is 1. The van der Waals surface area contributed by atoms with Gasteiger partial charge in [-0.05, 0) is 25.0 Å². The van der Waals surface area contributed by atoms with Crippen molar-refractivity contribution in [1.82, 2.24) is 0 Å². The quantitative estimate of drug-likeness (QED) is 0.590. The molecule has 11 heavy (non-hydrogen) atoms. The molecule has 0 radical (unpaired) electrons. The second kappa shape index (κ2) is 3.05. The molecular formula is C9H9ClO. The zero-order valence-electron chi connectivity index (χ0n) is 6.52. The molecule has 0 unspecified atom stereocenters. The van der Waals surface area contributed by atoms with Crippen molar-refractivity contribution in [3.63, 3.8) is 0 Å². The van der Waals surface area contributed by atoms with E-state index in [0.29, 0.717) is 10.6 Å². The third-order valence-electron chi connectivity index (χ3n) is 1.75. The van der Waals surface area contributed by atoms with Gasteiger partial charge >= 0.3 is 0 Å². The number of halogens is 1. The van der Waals surface area contributed by atoms with E-state index in [-0.39, 0.29) is 0 Å². The first kappa shape index (κ1) is 8.28. The van der Waals surface area contributed by atoms with Crippen LogP contribution >= 0.6 is 11.6 Å². The second-order valence-electron chi connectivity index (χ2n) is 2.53. The van der Waals surface area contributed by atoms with Crippen molar-refractivity contribution in [3.8, 4) is 0 Å². The van der Waals surface area contributed by atoms with Crippen molar-refractivity contribution in [2.45, 2.75) is 13.8 Å². The summed E-state index contributed by atoms with van der Waals surface area (Å²) in [6, 6.07) is 3.63. The maximum Gasteiger partial charge on any atom is 0.150 e. The van der Waals surface area contributed by atoms with Crippen LogP contribution in [0.2, 0.25) is 5.02 Å². The van der Waals surface area contributed by atoms with Gasteiger partial charge in [-0.3, -0.25) is 4.79 Å². The lowest BCUT2D eigenvalue weighted by molar-refractivity contribution is 0.112. The molecule has 1 aromatic rings. The minimum absolute atomic E-state index is 0.667. The Bertz CT molecular complexity index is 292. The maximum absolute atomic E-state index is 10.4. The summed E-state index contributed by atoms with van der Waals surface area (Å²) in [6.07, 6.45) is 0.820. The maximum atomic E-state index is 10.4. The standard InChI is InChI=1S/C9H9ClO/c1-6-3-4-8(5-11)7(2)9(6)10/h3-5H,1-2H3. The highest BCUT2D eigenvalue weighted by atomic mass is 35.5. The molecule has 0 atom stereocenters. The summed E-state index contributed by atoms with van der Waals surface area (Å²) in [5.74, 6) is 0. The van der Waals surface area contributed by atoms with E-state index in [4.69, 9.17) is 11.6 Å². The number of carbonyl (C=O) groups is 1. The predicted molar refractivity (Wildman–Crippen MR) is 46.3 cm³/mol. The number of hydrogen-bond donors (Lipinski definition) is 0. The average molecular weight is 169 g/mol. The van der Waals surface area contributed by atoms with Gasteiger partial charge in [-0.2, -0.15) is 0 Å². The number of carbonyl (C=O) groups excluding carboxylic acids is 1. The first-order chi connectivity index (χ1) is 5.16. The van der Waals surface area contributed by atoms with E-state index in [1.807, 2.05) is 19.9 Å². The van der Waals surface area contributed by atoms with Gasteiger partial charge in [0.1, 0.15) is 6.29 Å². The van der Waals surface area contributed by atoms with Crippen LogP contribution in [-0.2, 0) is 0 Å². The van der Waals surface area contributed by atoms with E-state index in [0.717, 1.165) is 17.4 Å². The van der Waals surface area contributed by atoms with Crippen molar-refractivity contribution in [3.05, 3.63) is 33.8 Å². The van der Waals surface area contributed by atoms with E-state index < -0.39 is 0 Å². The highest BCUT2D eigenvalue weighted by Crippen LogP contribution is 2.21. The number of hydrogen-bond acceptors (Lipinski definition) is 1.